The van der Waals surface area contributed by atoms with E-state index in [0.29, 0.717) is 12.0 Å². The van der Waals surface area contributed by atoms with Gasteiger partial charge in [0.05, 0.1) is 17.0 Å². The lowest BCUT2D eigenvalue weighted by Crippen LogP contribution is -2.50. The van der Waals surface area contributed by atoms with Crippen LogP contribution in [0.2, 0.25) is 0 Å². The highest BCUT2D eigenvalue weighted by Gasteiger charge is 2.54. The molecule has 3 unspecified atom stereocenters. The number of hydrogen-bond acceptors (Lipinski definition) is 3. The van der Waals surface area contributed by atoms with Crippen LogP contribution >= 0.6 is 0 Å². The van der Waals surface area contributed by atoms with Gasteiger partial charge in [-0.05, 0) is 43.4 Å². The summed E-state index contributed by atoms with van der Waals surface area (Å²) in [5, 5.41) is 22.9. The van der Waals surface area contributed by atoms with E-state index in [9.17, 15) is 15.2 Å². The third-order valence-electron chi connectivity index (χ3n) is 5.50. The van der Waals surface area contributed by atoms with Crippen LogP contribution in [0.5, 0.6) is 0 Å². The van der Waals surface area contributed by atoms with Gasteiger partial charge >= 0.3 is 5.97 Å². The van der Waals surface area contributed by atoms with Gasteiger partial charge in [0, 0.05) is 17.6 Å². The van der Waals surface area contributed by atoms with Crippen molar-refractivity contribution in [1.29, 1.82) is 5.26 Å². The van der Waals surface area contributed by atoms with E-state index in [1.54, 1.807) is 0 Å². The summed E-state index contributed by atoms with van der Waals surface area (Å²) >= 11 is 0. The summed E-state index contributed by atoms with van der Waals surface area (Å²) in [6, 6.07) is 6.01. The van der Waals surface area contributed by atoms with Gasteiger partial charge in [0.2, 0.25) is 0 Å². The van der Waals surface area contributed by atoms with Gasteiger partial charge in [0.1, 0.15) is 0 Å². The van der Waals surface area contributed by atoms with E-state index in [1.807, 2.05) is 26.0 Å². The summed E-state index contributed by atoms with van der Waals surface area (Å²) in [4.78, 5) is 12.1. The molecule has 3 rings (SSSR count). The first-order valence-corrected chi connectivity index (χ1v) is 8.08. The average Bonchev–Trinajstić information content (AvgIpc) is 2.90. The molecule has 1 aromatic rings. The minimum Gasteiger partial charge on any atom is -0.481 e. The topological polar surface area (TPSA) is 73.1 Å². The lowest BCUT2D eigenvalue weighted by molar-refractivity contribution is -0.152. The number of benzene rings is 1. The van der Waals surface area contributed by atoms with Crippen molar-refractivity contribution in [3.63, 3.8) is 0 Å². The average molecular weight is 298 g/mol. The van der Waals surface area contributed by atoms with Gasteiger partial charge in [-0.2, -0.15) is 5.26 Å². The summed E-state index contributed by atoms with van der Waals surface area (Å²) in [6.07, 6.45) is 4.14. The Balaban J connectivity index is 2.12. The van der Waals surface area contributed by atoms with Gasteiger partial charge in [-0.1, -0.05) is 25.8 Å². The number of carboxylic acid groups (broad SMARTS) is 1. The van der Waals surface area contributed by atoms with E-state index in [2.05, 4.69) is 11.4 Å². The van der Waals surface area contributed by atoms with E-state index in [1.165, 1.54) is 0 Å². The second-order valence-electron chi connectivity index (χ2n) is 6.66. The van der Waals surface area contributed by atoms with Crippen LogP contribution in [0, 0.1) is 23.7 Å². The molecule has 116 valence electrons. The van der Waals surface area contributed by atoms with Crippen molar-refractivity contribution in [2.24, 2.45) is 5.41 Å². The first-order valence-electron chi connectivity index (χ1n) is 8.08. The summed E-state index contributed by atoms with van der Waals surface area (Å²) in [5.74, 6) is -0.554. The number of carbonyl (C=O) groups is 1. The number of hydrogen-bond donors (Lipinski definition) is 2. The molecule has 22 heavy (non-hydrogen) atoms. The fourth-order valence-electron chi connectivity index (χ4n) is 4.53. The van der Waals surface area contributed by atoms with Crippen LogP contribution in [0.3, 0.4) is 0 Å². The van der Waals surface area contributed by atoms with E-state index >= 15 is 0 Å². The summed E-state index contributed by atoms with van der Waals surface area (Å²) in [5.41, 5.74) is 3.12. The summed E-state index contributed by atoms with van der Waals surface area (Å²) < 4.78 is 0. The van der Waals surface area contributed by atoms with E-state index in [4.69, 9.17) is 0 Å². The lowest BCUT2D eigenvalue weighted by Gasteiger charge is -2.42. The van der Waals surface area contributed by atoms with Crippen LogP contribution in [0.15, 0.2) is 12.1 Å². The van der Waals surface area contributed by atoms with Crippen molar-refractivity contribution in [2.45, 2.75) is 57.9 Å². The standard InChI is InChI=1S/C18H22N2O2/c1-3-8-18(17(21)22)9-4-5-13-14-12(10-19)7-6-11(2)15(14)20-16(13)18/h6-7,13,16,20H,3-5,8-9H2,1-2H3,(H,21,22). The fourth-order valence-corrected chi connectivity index (χ4v) is 4.53. The van der Waals surface area contributed by atoms with Gasteiger partial charge in [-0.25, -0.2) is 0 Å². The number of anilines is 1. The molecule has 0 spiro atoms. The first kappa shape index (κ1) is 14.9. The number of aryl methyl sites for hydroxylation is 1. The second-order valence-corrected chi connectivity index (χ2v) is 6.66. The Morgan fingerprint density at radius 2 is 2.32 bits per heavy atom. The largest absolute Gasteiger partial charge is 0.481 e. The van der Waals surface area contributed by atoms with Crippen LogP contribution in [0.1, 0.15) is 61.6 Å². The number of carboxylic acids is 1. The van der Waals surface area contributed by atoms with Crippen LogP contribution in [-0.4, -0.2) is 17.1 Å². The Labute approximate surface area is 131 Å². The van der Waals surface area contributed by atoms with Gasteiger partial charge in [-0.3, -0.25) is 4.79 Å². The Kier molecular flexibility index (Phi) is 3.60. The maximum atomic E-state index is 12.1. The molecule has 3 atom stereocenters. The minimum absolute atomic E-state index is 0.0955. The lowest BCUT2D eigenvalue weighted by atomic mass is 9.63. The van der Waals surface area contributed by atoms with Gasteiger partial charge < -0.3 is 10.4 Å². The maximum Gasteiger partial charge on any atom is 0.311 e. The fraction of sp³-hybridized carbons (Fsp3) is 0.556. The van der Waals surface area contributed by atoms with E-state index < -0.39 is 11.4 Å². The molecule has 1 saturated carbocycles. The molecule has 2 aliphatic rings. The van der Waals surface area contributed by atoms with Crippen LogP contribution in [-0.2, 0) is 4.79 Å². The number of aliphatic carboxylic acids is 1. The molecule has 1 aliphatic heterocycles. The zero-order chi connectivity index (χ0) is 15.9. The van der Waals surface area contributed by atoms with Gasteiger partial charge in [0.25, 0.3) is 0 Å². The quantitative estimate of drug-likeness (QED) is 0.890. The molecule has 1 heterocycles. The SMILES string of the molecule is CCCC1(C(=O)O)CCCC2c3c(C#N)ccc(C)c3NC21. The van der Waals surface area contributed by atoms with E-state index in [-0.39, 0.29) is 12.0 Å². The minimum atomic E-state index is -0.712. The van der Waals surface area contributed by atoms with E-state index in [0.717, 1.165) is 42.5 Å². The van der Waals surface area contributed by atoms with Crippen LogP contribution in [0.25, 0.3) is 0 Å². The highest BCUT2D eigenvalue weighted by molar-refractivity contribution is 5.80. The van der Waals surface area contributed by atoms with Gasteiger partial charge in [0.15, 0.2) is 0 Å². The van der Waals surface area contributed by atoms with Crippen molar-refractivity contribution < 1.29 is 9.90 Å². The maximum absolute atomic E-state index is 12.1. The molecular weight excluding hydrogens is 276 g/mol. The number of rotatable bonds is 3. The normalized spacial score (nSPS) is 29.1. The zero-order valence-electron chi connectivity index (χ0n) is 13.1. The first-order chi connectivity index (χ1) is 10.5. The Hall–Kier alpha value is -2.02. The van der Waals surface area contributed by atoms with Gasteiger partial charge in [-0.15, -0.1) is 0 Å². The molecule has 1 aromatic carbocycles. The number of fused-ring (bicyclic) bond motifs is 3. The smallest absolute Gasteiger partial charge is 0.311 e. The molecule has 4 heteroatoms. The van der Waals surface area contributed by atoms with Crippen molar-refractivity contribution in [2.75, 3.05) is 5.32 Å². The third kappa shape index (κ3) is 1.92. The van der Waals surface area contributed by atoms with Crippen molar-refractivity contribution in [3.8, 4) is 6.07 Å². The predicted octanol–water partition coefficient (Wildman–Crippen LogP) is 3.80. The third-order valence-corrected chi connectivity index (χ3v) is 5.50. The monoisotopic (exact) mass is 298 g/mol. The number of nitriles is 1. The van der Waals surface area contributed by atoms with Crippen LogP contribution < -0.4 is 5.32 Å². The highest BCUT2D eigenvalue weighted by atomic mass is 16.4. The molecule has 0 radical (unpaired) electrons. The molecular formula is C18H22N2O2. The Morgan fingerprint density at radius 1 is 1.55 bits per heavy atom. The van der Waals surface area contributed by atoms with Crippen LogP contribution in [0.4, 0.5) is 5.69 Å². The summed E-state index contributed by atoms with van der Waals surface area (Å²) in [7, 11) is 0. The highest BCUT2D eigenvalue weighted by Crippen LogP contribution is 2.54. The van der Waals surface area contributed by atoms with Crippen molar-refractivity contribution in [1.82, 2.24) is 0 Å². The molecule has 1 fully saturated rings. The molecule has 1 aliphatic carbocycles. The zero-order valence-corrected chi connectivity index (χ0v) is 13.1. The number of nitrogens with zero attached hydrogens (tertiary/aromatic N) is 1. The molecule has 0 saturated heterocycles. The Bertz CT molecular complexity index is 658. The van der Waals surface area contributed by atoms with Crippen molar-refractivity contribution >= 4 is 11.7 Å². The van der Waals surface area contributed by atoms with Crippen molar-refractivity contribution in [3.05, 3.63) is 28.8 Å². The molecule has 2 N–H and O–H groups in total. The number of nitrogens with one attached hydrogen (secondary N) is 1. The Morgan fingerprint density at radius 3 is 2.95 bits per heavy atom. The predicted molar refractivity (Wildman–Crippen MR) is 84.9 cm³/mol. The molecule has 0 bridgehead atoms. The second kappa shape index (κ2) is 5.31. The molecule has 4 nitrogen and oxygen atoms in total. The molecule has 0 amide bonds. The molecule has 0 aromatic heterocycles. The summed E-state index contributed by atoms with van der Waals surface area (Å²) in [6.45, 7) is 4.06.